The summed E-state index contributed by atoms with van der Waals surface area (Å²) in [7, 11) is 3.06. The summed E-state index contributed by atoms with van der Waals surface area (Å²) in [5.41, 5.74) is 5.28. The van der Waals surface area contributed by atoms with Gasteiger partial charge in [0, 0.05) is 18.2 Å². The third-order valence-corrected chi connectivity index (χ3v) is 10.1. The Morgan fingerprint density at radius 1 is 1.19 bits per heavy atom. The van der Waals surface area contributed by atoms with Crippen LogP contribution in [0.4, 0.5) is 10.5 Å². The van der Waals surface area contributed by atoms with E-state index in [9.17, 15) is 4.79 Å². The minimum absolute atomic E-state index is 0.0413. The molecule has 4 unspecified atom stereocenters. The number of hydrogen-bond donors (Lipinski definition) is 1. The number of hydrogen-bond acceptors (Lipinski definition) is 5. The van der Waals surface area contributed by atoms with Gasteiger partial charge in [-0.05, 0) is 84.2 Å². The number of likely N-dealkylation sites (N-methyl/N-ethyl adjacent to an activating group) is 1. The van der Waals surface area contributed by atoms with Gasteiger partial charge >= 0.3 is 6.09 Å². The summed E-state index contributed by atoms with van der Waals surface area (Å²) in [5, 5.41) is 3.44. The fourth-order valence-electron chi connectivity index (χ4n) is 7.90. The molecule has 1 aromatic carbocycles. The van der Waals surface area contributed by atoms with Gasteiger partial charge in [0.25, 0.3) is 5.69 Å². The molecule has 3 aromatic rings. The van der Waals surface area contributed by atoms with Crippen LogP contribution < -0.4 is 4.74 Å². The molecule has 0 spiro atoms. The van der Waals surface area contributed by atoms with E-state index < -0.39 is 6.09 Å². The largest absolute Gasteiger partial charge is 0.415 e. The average Bonchev–Trinajstić information content (AvgIpc) is 3.50. The first-order valence-corrected chi connectivity index (χ1v) is 17.2. The third kappa shape index (κ3) is 8.04. The predicted octanol–water partition coefficient (Wildman–Crippen LogP) is 9.41. The fourth-order valence-corrected chi connectivity index (χ4v) is 7.90. The second-order valence-electron chi connectivity index (χ2n) is 16.3. The van der Waals surface area contributed by atoms with Crippen molar-refractivity contribution in [3.8, 4) is 17.3 Å². The van der Waals surface area contributed by atoms with Crippen molar-refractivity contribution in [2.75, 3.05) is 27.3 Å². The van der Waals surface area contributed by atoms with E-state index in [1.807, 2.05) is 0 Å². The summed E-state index contributed by atoms with van der Waals surface area (Å²) in [6, 6.07) is 6.31. The molecule has 2 heterocycles. The maximum Gasteiger partial charge on any atom is 0.415 e. The van der Waals surface area contributed by atoms with Crippen LogP contribution in [0, 0.1) is 48.5 Å². The molecule has 1 aliphatic rings. The third-order valence-electron chi connectivity index (χ3n) is 10.1. The van der Waals surface area contributed by atoms with Crippen molar-refractivity contribution in [2.24, 2.45) is 35.0 Å². The molecule has 4 rings (SSSR count). The number of carbonyl (C=O) groups is 1. The van der Waals surface area contributed by atoms with E-state index in [1.54, 1.807) is 11.6 Å². The number of H-pyrrole nitrogens is 1. The summed E-state index contributed by atoms with van der Waals surface area (Å²) < 4.78 is 7.76. The zero-order valence-electron chi connectivity index (χ0n) is 30.8. The standard InChI is InChI=1S/C38H57N5O4/c1-23(2)19-26-20-24(3)21-31(38(8,9)10)28(26)22-29-32(39-11)35(47-36(44)42(12)17-18-46-45-13)43-34(29)40-33(41-43)27-15-14-16-30(25(27)4)37(5,6)7/h14-16,23-24,26,28,31H,17-22H2,1-10,12-13H3,(H,40,41). The number of nitrogens with one attached hydrogen (secondary N) is 1. The topological polar surface area (TPSA) is 85.5 Å². The predicted molar refractivity (Wildman–Crippen MR) is 188 cm³/mol. The van der Waals surface area contributed by atoms with Gasteiger partial charge < -0.3 is 9.64 Å². The zero-order valence-corrected chi connectivity index (χ0v) is 30.8. The smallest absolute Gasteiger partial charge is 0.402 e. The molecule has 1 N–H and O–H groups in total. The van der Waals surface area contributed by atoms with Gasteiger partial charge in [0.05, 0.1) is 26.8 Å². The molecule has 0 radical (unpaired) electrons. The first-order chi connectivity index (χ1) is 22.0. The van der Waals surface area contributed by atoms with Crippen LogP contribution in [0.5, 0.6) is 5.88 Å². The van der Waals surface area contributed by atoms with Crippen LogP contribution in [0.1, 0.15) is 98.3 Å². The Hall–Kier alpha value is -3.35. The zero-order chi connectivity index (χ0) is 34.8. The molecule has 0 saturated heterocycles. The molecule has 1 aliphatic carbocycles. The number of rotatable bonds is 10. The molecule has 9 nitrogen and oxygen atoms in total. The number of carbonyl (C=O) groups excluding carboxylic acids is 1. The minimum atomic E-state index is -0.584. The van der Waals surface area contributed by atoms with Crippen LogP contribution in [-0.4, -0.2) is 52.9 Å². The highest BCUT2D eigenvalue weighted by Gasteiger charge is 2.43. The number of aromatic nitrogens is 3. The number of amides is 1. The molecule has 1 saturated carbocycles. The van der Waals surface area contributed by atoms with Gasteiger partial charge in [-0.1, -0.05) is 80.5 Å². The normalized spacial score (nSPS) is 20.5. The van der Waals surface area contributed by atoms with Gasteiger partial charge in [0.15, 0.2) is 5.82 Å². The summed E-state index contributed by atoms with van der Waals surface area (Å²) in [6.45, 7) is 31.6. The van der Waals surface area contributed by atoms with Gasteiger partial charge in [0.2, 0.25) is 5.88 Å². The molecule has 0 bridgehead atoms. The van der Waals surface area contributed by atoms with Crippen molar-refractivity contribution in [2.45, 2.75) is 100 Å². The molecular weight excluding hydrogens is 590 g/mol. The van der Waals surface area contributed by atoms with Crippen molar-refractivity contribution < 1.29 is 19.3 Å². The monoisotopic (exact) mass is 647 g/mol. The molecule has 0 aliphatic heterocycles. The summed E-state index contributed by atoms with van der Waals surface area (Å²) >= 11 is 0. The number of fused-ring (bicyclic) bond motifs is 1. The van der Waals surface area contributed by atoms with Crippen molar-refractivity contribution in [1.29, 1.82) is 0 Å². The Morgan fingerprint density at radius 2 is 1.89 bits per heavy atom. The summed E-state index contributed by atoms with van der Waals surface area (Å²) in [4.78, 5) is 33.6. The summed E-state index contributed by atoms with van der Waals surface area (Å²) in [5.74, 6) is 3.46. The Balaban J connectivity index is 1.90. The molecular formula is C38H57N5O4. The van der Waals surface area contributed by atoms with Gasteiger partial charge in [0.1, 0.15) is 5.65 Å². The lowest BCUT2D eigenvalue weighted by molar-refractivity contribution is -0.272. The Kier molecular flexibility index (Phi) is 11.2. The van der Waals surface area contributed by atoms with Gasteiger partial charge in [-0.25, -0.2) is 28.9 Å². The van der Waals surface area contributed by atoms with E-state index in [4.69, 9.17) is 21.2 Å². The van der Waals surface area contributed by atoms with Crippen molar-refractivity contribution in [3.05, 3.63) is 46.3 Å². The fraction of sp³-hybridized carbons (Fsp3) is 0.658. The number of benzene rings is 1. The van der Waals surface area contributed by atoms with E-state index in [0.717, 1.165) is 29.5 Å². The second kappa shape index (κ2) is 14.4. The van der Waals surface area contributed by atoms with E-state index in [2.05, 4.69) is 102 Å². The Labute approximate surface area is 282 Å². The van der Waals surface area contributed by atoms with E-state index in [0.29, 0.717) is 53.2 Å². The maximum absolute atomic E-state index is 13.4. The molecule has 47 heavy (non-hydrogen) atoms. The average molecular weight is 648 g/mol. The molecule has 2 aromatic heterocycles. The van der Waals surface area contributed by atoms with Crippen molar-refractivity contribution in [3.63, 3.8) is 0 Å². The molecule has 258 valence electrons. The Morgan fingerprint density at radius 3 is 2.49 bits per heavy atom. The molecule has 4 atom stereocenters. The number of ether oxygens (including phenoxy) is 1. The highest BCUT2D eigenvalue weighted by molar-refractivity contribution is 5.80. The lowest BCUT2D eigenvalue weighted by Gasteiger charge is -2.48. The van der Waals surface area contributed by atoms with E-state index in [-0.39, 0.29) is 29.9 Å². The van der Waals surface area contributed by atoms with E-state index in [1.165, 1.54) is 24.0 Å². The van der Waals surface area contributed by atoms with Gasteiger partial charge in [-0.2, -0.15) is 0 Å². The molecule has 1 amide bonds. The van der Waals surface area contributed by atoms with Crippen LogP contribution in [0.15, 0.2) is 18.2 Å². The first-order valence-electron chi connectivity index (χ1n) is 17.2. The lowest BCUT2D eigenvalue weighted by Crippen LogP contribution is -2.40. The quantitative estimate of drug-likeness (QED) is 0.103. The summed E-state index contributed by atoms with van der Waals surface area (Å²) in [6.07, 6.45) is 3.61. The highest BCUT2D eigenvalue weighted by atomic mass is 17.2. The van der Waals surface area contributed by atoms with Crippen LogP contribution >= 0.6 is 0 Å². The maximum atomic E-state index is 13.4. The van der Waals surface area contributed by atoms with Gasteiger partial charge in [-0.15, -0.1) is 0 Å². The molecule has 9 heteroatoms. The van der Waals surface area contributed by atoms with E-state index >= 15 is 0 Å². The minimum Gasteiger partial charge on any atom is -0.402 e. The lowest BCUT2D eigenvalue weighted by atomic mass is 9.57. The van der Waals surface area contributed by atoms with Crippen LogP contribution in [-0.2, 0) is 21.6 Å². The SMILES string of the molecule is [C-]#[N+]c1c(CC2C(CC(C)C)CC(C)CC2C(C)(C)C)c2nc(-c3cccc(C(C)(C)C)c3C)[nH]n2c1OC(=O)N(C)CCOOC. The molecule has 1 fully saturated rings. The number of nitrogens with zero attached hydrogens (tertiary/aromatic N) is 4. The van der Waals surface area contributed by atoms with Gasteiger partial charge in [-0.3, -0.25) is 5.10 Å². The second-order valence-corrected chi connectivity index (χ2v) is 16.3. The highest BCUT2D eigenvalue weighted by Crippen LogP contribution is 2.51. The first kappa shape index (κ1) is 36.5. The van der Waals surface area contributed by atoms with Crippen LogP contribution in [0.25, 0.3) is 21.9 Å². The van der Waals surface area contributed by atoms with Crippen LogP contribution in [0.2, 0.25) is 0 Å². The Bertz CT molecular complexity index is 1580. The number of aromatic amines is 1. The van der Waals surface area contributed by atoms with Crippen LogP contribution in [0.3, 0.4) is 0 Å². The van der Waals surface area contributed by atoms with Crippen molar-refractivity contribution in [1.82, 2.24) is 19.5 Å². The van der Waals surface area contributed by atoms with Crippen molar-refractivity contribution >= 4 is 17.4 Å².